The number of carbonyl (C=O) groups is 2. The van der Waals surface area contributed by atoms with E-state index in [2.05, 4.69) is 5.32 Å². The van der Waals surface area contributed by atoms with Gasteiger partial charge in [0.05, 0.1) is 5.56 Å². The van der Waals surface area contributed by atoms with Crippen molar-refractivity contribution in [1.29, 1.82) is 0 Å². The second-order valence-corrected chi connectivity index (χ2v) is 5.65. The fourth-order valence-corrected chi connectivity index (χ4v) is 3.27. The summed E-state index contributed by atoms with van der Waals surface area (Å²) in [7, 11) is 0. The van der Waals surface area contributed by atoms with Crippen molar-refractivity contribution in [3.8, 4) is 0 Å². The average Bonchev–Trinajstić information content (AvgIpc) is 3.07. The molecule has 2 amide bonds. The van der Waals surface area contributed by atoms with Crippen LogP contribution in [0.4, 0.5) is 4.79 Å². The molecule has 2 unspecified atom stereocenters. The summed E-state index contributed by atoms with van der Waals surface area (Å²) in [6.07, 6.45) is 3.50. The molecule has 1 saturated heterocycles. The number of nitrogens with zero attached hydrogens (tertiary/aromatic N) is 1. The molecular formula is C15H18N2O3. The first-order chi connectivity index (χ1) is 9.63. The molecular weight excluding hydrogens is 256 g/mol. The Hall–Kier alpha value is -2.04. The number of aromatic carboxylic acids is 1. The van der Waals surface area contributed by atoms with E-state index in [9.17, 15) is 9.59 Å². The largest absolute Gasteiger partial charge is 0.478 e. The fraction of sp³-hybridized carbons (Fsp3) is 0.467. The molecule has 2 fully saturated rings. The first kappa shape index (κ1) is 13.0. The van der Waals surface area contributed by atoms with Gasteiger partial charge in [-0.15, -0.1) is 0 Å². The van der Waals surface area contributed by atoms with E-state index in [4.69, 9.17) is 5.11 Å². The van der Waals surface area contributed by atoms with Gasteiger partial charge < -0.3 is 15.3 Å². The topological polar surface area (TPSA) is 69.6 Å². The Kier molecular flexibility index (Phi) is 3.34. The van der Waals surface area contributed by atoms with Crippen LogP contribution in [0.15, 0.2) is 24.3 Å². The third kappa shape index (κ3) is 2.48. The lowest BCUT2D eigenvalue weighted by Crippen LogP contribution is -2.44. The number of carboxylic acid groups (broad SMARTS) is 1. The Morgan fingerprint density at radius 3 is 2.85 bits per heavy atom. The van der Waals surface area contributed by atoms with Crippen LogP contribution in [0.3, 0.4) is 0 Å². The number of rotatable bonds is 3. The van der Waals surface area contributed by atoms with E-state index in [1.807, 2.05) is 11.0 Å². The molecule has 1 aromatic carbocycles. The van der Waals surface area contributed by atoms with Crippen molar-refractivity contribution in [3.05, 3.63) is 35.4 Å². The van der Waals surface area contributed by atoms with Crippen LogP contribution in [0.25, 0.3) is 0 Å². The van der Waals surface area contributed by atoms with Crippen LogP contribution >= 0.6 is 0 Å². The fourth-order valence-electron chi connectivity index (χ4n) is 3.27. The molecule has 1 saturated carbocycles. The van der Waals surface area contributed by atoms with Gasteiger partial charge in [0.1, 0.15) is 0 Å². The normalized spacial score (nSPS) is 23.9. The number of fused-ring (bicyclic) bond motifs is 2. The van der Waals surface area contributed by atoms with E-state index >= 15 is 0 Å². The van der Waals surface area contributed by atoms with Crippen molar-refractivity contribution in [1.82, 2.24) is 10.2 Å². The molecule has 2 N–H and O–H groups in total. The molecule has 1 heterocycles. The highest BCUT2D eigenvalue weighted by molar-refractivity contribution is 5.87. The molecule has 0 spiro atoms. The molecule has 20 heavy (non-hydrogen) atoms. The molecule has 0 radical (unpaired) electrons. The molecule has 3 rings (SSSR count). The van der Waals surface area contributed by atoms with Gasteiger partial charge in [-0.25, -0.2) is 9.59 Å². The maximum atomic E-state index is 12.1. The number of carboxylic acids is 1. The summed E-state index contributed by atoms with van der Waals surface area (Å²) in [4.78, 5) is 24.9. The summed E-state index contributed by atoms with van der Waals surface area (Å²) < 4.78 is 0. The summed E-state index contributed by atoms with van der Waals surface area (Å²) in [5.41, 5.74) is 1.06. The lowest BCUT2D eigenvalue weighted by molar-refractivity contribution is 0.0696. The van der Waals surface area contributed by atoms with Crippen molar-refractivity contribution < 1.29 is 14.7 Å². The molecule has 5 heteroatoms. The zero-order chi connectivity index (χ0) is 14.1. The number of urea groups is 1. The molecule has 1 aliphatic carbocycles. The number of hydrogen-bond acceptors (Lipinski definition) is 2. The maximum Gasteiger partial charge on any atom is 0.335 e. The van der Waals surface area contributed by atoms with Crippen molar-refractivity contribution in [3.63, 3.8) is 0 Å². The van der Waals surface area contributed by atoms with Crippen molar-refractivity contribution in [2.24, 2.45) is 5.92 Å². The van der Waals surface area contributed by atoms with Crippen LogP contribution in [0, 0.1) is 5.92 Å². The lowest BCUT2D eigenvalue weighted by Gasteiger charge is -2.27. The number of likely N-dealkylation sites (tertiary alicyclic amines) is 1. The van der Waals surface area contributed by atoms with Gasteiger partial charge in [0.25, 0.3) is 0 Å². The molecule has 5 nitrogen and oxygen atoms in total. The minimum absolute atomic E-state index is 0.0297. The zero-order valence-corrected chi connectivity index (χ0v) is 11.2. The van der Waals surface area contributed by atoms with Crippen LogP contribution in [0.1, 0.15) is 35.2 Å². The second-order valence-electron chi connectivity index (χ2n) is 5.65. The minimum Gasteiger partial charge on any atom is -0.478 e. The minimum atomic E-state index is -0.949. The highest BCUT2D eigenvalue weighted by atomic mass is 16.4. The molecule has 106 valence electrons. The van der Waals surface area contributed by atoms with Gasteiger partial charge in [-0.3, -0.25) is 0 Å². The third-order valence-corrected chi connectivity index (χ3v) is 4.29. The SMILES string of the molecule is O=C(O)c1cccc(CNC(=O)N2CC3CCC2C3)c1. The first-order valence-electron chi connectivity index (χ1n) is 7.00. The van der Waals surface area contributed by atoms with E-state index < -0.39 is 5.97 Å². The summed E-state index contributed by atoms with van der Waals surface area (Å²) in [5.74, 6) is -0.267. The van der Waals surface area contributed by atoms with Crippen LogP contribution in [-0.4, -0.2) is 34.6 Å². The number of benzene rings is 1. The van der Waals surface area contributed by atoms with E-state index in [0.717, 1.165) is 24.9 Å². The van der Waals surface area contributed by atoms with Gasteiger partial charge in [-0.2, -0.15) is 0 Å². The number of carbonyl (C=O) groups excluding carboxylic acids is 1. The Balaban J connectivity index is 1.58. The molecule has 2 atom stereocenters. The van der Waals surface area contributed by atoms with Crippen LogP contribution < -0.4 is 5.32 Å². The summed E-state index contributed by atoms with van der Waals surface area (Å²) in [5, 5.41) is 11.8. The average molecular weight is 274 g/mol. The van der Waals surface area contributed by atoms with Gasteiger partial charge in [-0.05, 0) is 42.9 Å². The van der Waals surface area contributed by atoms with Crippen LogP contribution in [0.5, 0.6) is 0 Å². The predicted octanol–water partition coefficient (Wildman–Crippen LogP) is 2.08. The van der Waals surface area contributed by atoms with Crippen molar-refractivity contribution in [2.75, 3.05) is 6.54 Å². The van der Waals surface area contributed by atoms with Gasteiger partial charge >= 0.3 is 12.0 Å². The highest BCUT2D eigenvalue weighted by Gasteiger charge is 2.40. The number of piperidine rings is 1. The molecule has 2 bridgehead atoms. The van der Waals surface area contributed by atoms with Crippen molar-refractivity contribution >= 4 is 12.0 Å². The smallest absolute Gasteiger partial charge is 0.335 e. The lowest BCUT2D eigenvalue weighted by atomic mass is 10.1. The first-order valence-corrected chi connectivity index (χ1v) is 7.00. The molecule has 1 aromatic rings. The maximum absolute atomic E-state index is 12.1. The summed E-state index contributed by atoms with van der Waals surface area (Å²) >= 11 is 0. The quantitative estimate of drug-likeness (QED) is 0.886. The van der Waals surface area contributed by atoms with E-state index in [1.165, 1.54) is 6.42 Å². The second kappa shape index (κ2) is 5.15. The standard InChI is InChI=1S/C15H18N2O3/c18-14(19)12-3-1-2-10(6-12)8-16-15(20)17-9-11-4-5-13(17)7-11/h1-3,6,11,13H,4-5,7-9H2,(H,16,20)(H,18,19). The summed E-state index contributed by atoms with van der Waals surface area (Å²) in [6, 6.07) is 7.04. The molecule has 1 aliphatic heterocycles. The monoisotopic (exact) mass is 274 g/mol. The van der Waals surface area contributed by atoms with Gasteiger partial charge in [0.15, 0.2) is 0 Å². The summed E-state index contributed by atoms with van der Waals surface area (Å²) in [6.45, 7) is 1.24. The number of amides is 2. The number of nitrogens with one attached hydrogen (secondary N) is 1. The van der Waals surface area contributed by atoms with E-state index in [1.54, 1.807) is 18.2 Å². The van der Waals surface area contributed by atoms with E-state index in [-0.39, 0.29) is 11.6 Å². The third-order valence-electron chi connectivity index (χ3n) is 4.29. The van der Waals surface area contributed by atoms with Crippen LogP contribution in [0.2, 0.25) is 0 Å². The van der Waals surface area contributed by atoms with Gasteiger partial charge in [0.2, 0.25) is 0 Å². The van der Waals surface area contributed by atoms with Crippen molar-refractivity contribution in [2.45, 2.75) is 31.8 Å². The number of hydrogen-bond donors (Lipinski definition) is 2. The van der Waals surface area contributed by atoms with Crippen LogP contribution in [-0.2, 0) is 6.54 Å². The van der Waals surface area contributed by atoms with Gasteiger partial charge in [-0.1, -0.05) is 12.1 Å². The predicted molar refractivity (Wildman–Crippen MR) is 73.5 cm³/mol. The molecule has 0 aromatic heterocycles. The van der Waals surface area contributed by atoms with Gasteiger partial charge in [0, 0.05) is 19.1 Å². The zero-order valence-electron chi connectivity index (χ0n) is 11.2. The Bertz CT molecular complexity index is 544. The van der Waals surface area contributed by atoms with E-state index in [0.29, 0.717) is 18.5 Å². The Morgan fingerprint density at radius 1 is 1.35 bits per heavy atom. The molecule has 2 aliphatic rings. The Labute approximate surface area is 117 Å². The Morgan fingerprint density at radius 2 is 2.20 bits per heavy atom. The highest BCUT2D eigenvalue weighted by Crippen LogP contribution is 2.37.